The monoisotopic (exact) mass is 578 g/mol. The standard InChI is InChI=1S/C31H35FN4O6/c1-7-14-36(17-21-8-13-26-24(15-21)29(38)34-20(6)33-26)23-11-9-22(10-12-23)28(37)35-27(31(40)42-19(4)5)16-25(32)30(39)41-18(2)3/h1,8-13,15,18-19,25,27H,14,16-17H2,2-6H3,(H,35,37)(H,33,34,38)/t25-,27+/m1/s1. The number of terminal acetylenes is 1. The molecule has 0 fully saturated rings. The Hall–Kier alpha value is -4.72. The van der Waals surface area contributed by atoms with Crippen LogP contribution in [0.1, 0.15) is 55.9 Å². The number of fused-ring (bicyclic) bond motifs is 1. The third kappa shape index (κ3) is 8.64. The number of aromatic nitrogens is 2. The van der Waals surface area contributed by atoms with Crippen molar-refractivity contribution in [2.75, 3.05) is 11.4 Å². The lowest BCUT2D eigenvalue weighted by Gasteiger charge is -2.23. The number of rotatable bonds is 12. The van der Waals surface area contributed by atoms with E-state index in [1.807, 2.05) is 11.0 Å². The third-order valence-electron chi connectivity index (χ3n) is 6.03. The summed E-state index contributed by atoms with van der Waals surface area (Å²) < 4.78 is 24.6. The van der Waals surface area contributed by atoms with Crippen LogP contribution < -0.4 is 15.8 Å². The predicted octanol–water partition coefficient (Wildman–Crippen LogP) is 3.60. The molecule has 3 aromatic rings. The summed E-state index contributed by atoms with van der Waals surface area (Å²) in [5.74, 6) is 0.497. The summed E-state index contributed by atoms with van der Waals surface area (Å²) in [7, 11) is 0. The van der Waals surface area contributed by atoms with Crippen molar-refractivity contribution in [1.82, 2.24) is 15.3 Å². The van der Waals surface area contributed by atoms with Crippen LogP contribution in [0.4, 0.5) is 10.1 Å². The summed E-state index contributed by atoms with van der Waals surface area (Å²) in [4.78, 5) is 58.9. The zero-order chi connectivity index (χ0) is 31.0. The van der Waals surface area contributed by atoms with Gasteiger partial charge in [0.05, 0.1) is 29.7 Å². The highest BCUT2D eigenvalue weighted by Crippen LogP contribution is 2.20. The molecule has 0 bridgehead atoms. The van der Waals surface area contributed by atoms with Gasteiger partial charge in [0.15, 0.2) is 6.17 Å². The summed E-state index contributed by atoms with van der Waals surface area (Å²) in [5, 5.41) is 2.93. The summed E-state index contributed by atoms with van der Waals surface area (Å²) in [6, 6.07) is 10.4. The van der Waals surface area contributed by atoms with Gasteiger partial charge in [0.25, 0.3) is 11.5 Å². The van der Waals surface area contributed by atoms with Crippen molar-refractivity contribution in [2.45, 2.75) is 72.0 Å². The Balaban J connectivity index is 1.76. The van der Waals surface area contributed by atoms with E-state index in [2.05, 4.69) is 21.2 Å². The van der Waals surface area contributed by atoms with Gasteiger partial charge in [-0.05, 0) is 76.6 Å². The maximum atomic E-state index is 14.6. The van der Waals surface area contributed by atoms with E-state index in [0.29, 0.717) is 29.0 Å². The number of nitrogens with zero attached hydrogens (tertiary/aromatic N) is 2. The molecule has 0 aliphatic heterocycles. The van der Waals surface area contributed by atoms with Crippen molar-refractivity contribution in [3.63, 3.8) is 0 Å². The lowest BCUT2D eigenvalue weighted by atomic mass is 10.1. The molecule has 0 spiro atoms. The SMILES string of the molecule is C#CCN(Cc1ccc2nc(C)[nH]c(=O)c2c1)c1ccc(C(=O)N[C@@H](C[C@@H](F)C(=O)OC(C)C)C(=O)OC(C)C)cc1. The van der Waals surface area contributed by atoms with Crippen LogP contribution in [0.5, 0.6) is 0 Å². The van der Waals surface area contributed by atoms with E-state index in [1.54, 1.807) is 58.9 Å². The molecule has 222 valence electrons. The lowest BCUT2D eigenvalue weighted by molar-refractivity contribution is -0.155. The van der Waals surface area contributed by atoms with E-state index in [4.69, 9.17) is 15.9 Å². The highest BCUT2D eigenvalue weighted by atomic mass is 19.1. The number of anilines is 1. The number of hydrogen-bond donors (Lipinski definition) is 2. The normalized spacial score (nSPS) is 12.5. The Kier molecular flexibility index (Phi) is 10.8. The van der Waals surface area contributed by atoms with Crippen molar-refractivity contribution in [3.05, 3.63) is 69.8 Å². The van der Waals surface area contributed by atoms with Crippen LogP contribution in [0, 0.1) is 19.3 Å². The van der Waals surface area contributed by atoms with Gasteiger partial charge in [-0.25, -0.2) is 19.0 Å². The number of amides is 1. The molecule has 0 radical (unpaired) electrons. The molecular weight excluding hydrogens is 543 g/mol. The molecule has 2 N–H and O–H groups in total. The van der Waals surface area contributed by atoms with Crippen LogP contribution in [0.15, 0.2) is 47.3 Å². The number of halogens is 1. The number of aromatic amines is 1. The summed E-state index contributed by atoms with van der Waals surface area (Å²) in [5.41, 5.74) is 2.09. The minimum atomic E-state index is -2.14. The summed E-state index contributed by atoms with van der Waals surface area (Å²) in [6.45, 7) is 8.73. The first kappa shape index (κ1) is 31.8. The van der Waals surface area contributed by atoms with Crippen molar-refractivity contribution >= 4 is 34.4 Å². The first-order valence-electron chi connectivity index (χ1n) is 13.5. The largest absolute Gasteiger partial charge is 0.461 e. The Morgan fingerprint density at radius 2 is 1.69 bits per heavy atom. The number of carbonyl (C=O) groups excluding carboxylic acids is 3. The van der Waals surface area contributed by atoms with Crippen molar-refractivity contribution in [2.24, 2.45) is 0 Å². The van der Waals surface area contributed by atoms with Crippen LogP contribution in [0.25, 0.3) is 10.9 Å². The van der Waals surface area contributed by atoms with E-state index in [-0.39, 0.29) is 17.7 Å². The molecule has 42 heavy (non-hydrogen) atoms. The molecule has 1 aromatic heterocycles. The maximum absolute atomic E-state index is 14.6. The van der Waals surface area contributed by atoms with Gasteiger partial charge in [0.2, 0.25) is 0 Å². The molecule has 10 nitrogen and oxygen atoms in total. The van der Waals surface area contributed by atoms with Crippen LogP contribution in [0.3, 0.4) is 0 Å². The Morgan fingerprint density at radius 3 is 2.31 bits per heavy atom. The van der Waals surface area contributed by atoms with Crippen LogP contribution >= 0.6 is 0 Å². The van der Waals surface area contributed by atoms with E-state index in [9.17, 15) is 23.6 Å². The number of carbonyl (C=O) groups is 3. The average molecular weight is 579 g/mol. The first-order chi connectivity index (χ1) is 19.9. The molecule has 0 aliphatic rings. The maximum Gasteiger partial charge on any atom is 0.341 e. The number of hydrogen-bond acceptors (Lipinski definition) is 8. The summed E-state index contributed by atoms with van der Waals surface area (Å²) >= 11 is 0. The quantitative estimate of drug-likeness (QED) is 0.246. The van der Waals surface area contributed by atoms with Gasteiger partial charge < -0.3 is 24.7 Å². The fourth-order valence-electron chi connectivity index (χ4n) is 4.17. The van der Waals surface area contributed by atoms with Gasteiger partial charge >= 0.3 is 11.9 Å². The molecule has 0 unspecified atom stereocenters. The van der Waals surface area contributed by atoms with Crippen LogP contribution in [-0.4, -0.2) is 58.8 Å². The molecule has 3 rings (SSSR count). The highest BCUT2D eigenvalue weighted by Gasteiger charge is 2.31. The number of aryl methyl sites for hydroxylation is 1. The zero-order valence-corrected chi connectivity index (χ0v) is 24.3. The minimum Gasteiger partial charge on any atom is -0.461 e. The molecule has 0 saturated heterocycles. The molecule has 11 heteroatoms. The van der Waals surface area contributed by atoms with Gasteiger partial charge in [-0.3, -0.25) is 9.59 Å². The lowest BCUT2D eigenvalue weighted by Crippen LogP contribution is -2.45. The third-order valence-corrected chi connectivity index (χ3v) is 6.03. The number of nitrogens with one attached hydrogen (secondary N) is 2. The highest BCUT2D eigenvalue weighted by molar-refractivity contribution is 5.97. The van der Waals surface area contributed by atoms with Gasteiger partial charge in [0.1, 0.15) is 11.9 Å². The van der Waals surface area contributed by atoms with E-state index in [0.717, 1.165) is 5.56 Å². The Morgan fingerprint density at radius 1 is 1.05 bits per heavy atom. The zero-order valence-electron chi connectivity index (χ0n) is 24.3. The number of ether oxygens (including phenoxy) is 2. The number of benzene rings is 2. The molecule has 1 amide bonds. The van der Waals surface area contributed by atoms with Gasteiger partial charge in [-0.15, -0.1) is 6.42 Å². The fourth-order valence-corrected chi connectivity index (χ4v) is 4.17. The minimum absolute atomic E-state index is 0.195. The second-order valence-electron chi connectivity index (χ2n) is 10.3. The second-order valence-corrected chi connectivity index (χ2v) is 10.3. The predicted molar refractivity (Wildman–Crippen MR) is 157 cm³/mol. The molecule has 2 aromatic carbocycles. The summed E-state index contributed by atoms with van der Waals surface area (Å²) in [6.07, 6.45) is 1.78. The Bertz CT molecular complexity index is 1530. The fraction of sp³-hybridized carbons (Fsp3) is 0.387. The van der Waals surface area contributed by atoms with Crippen molar-refractivity contribution < 1.29 is 28.2 Å². The van der Waals surface area contributed by atoms with Gasteiger partial charge in [-0.1, -0.05) is 12.0 Å². The topological polar surface area (TPSA) is 131 Å². The number of H-pyrrole nitrogens is 1. The number of alkyl halides is 1. The van der Waals surface area contributed by atoms with Crippen molar-refractivity contribution in [3.8, 4) is 12.3 Å². The average Bonchev–Trinajstić information content (AvgIpc) is 2.92. The molecule has 0 saturated carbocycles. The Labute approximate surface area is 243 Å². The van der Waals surface area contributed by atoms with E-state index >= 15 is 0 Å². The molecular formula is C31H35FN4O6. The van der Waals surface area contributed by atoms with Gasteiger partial charge in [0, 0.05) is 24.2 Å². The van der Waals surface area contributed by atoms with E-state index < -0.39 is 48.7 Å². The second kappa shape index (κ2) is 14.3. The molecule has 1 heterocycles. The number of esters is 2. The van der Waals surface area contributed by atoms with Crippen molar-refractivity contribution in [1.29, 1.82) is 0 Å². The van der Waals surface area contributed by atoms with E-state index in [1.165, 1.54) is 12.1 Å². The van der Waals surface area contributed by atoms with Crippen LogP contribution in [-0.2, 0) is 25.6 Å². The van der Waals surface area contributed by atoms with Gasteiger partial charge in [-0.2, -0.15) is 0 Å². The van der Waals surface area contributed by atoms with Crippen LogP contribution in [0.2, 0.25) is 0 Å². The first-order valence-corrected chi connectivity index (χ1v) is 13.5. The smallest absolute Gasteiger partial charge is 0.341 e. The molecule has 2 atom stereocenters. The molecule has 0 aliphatic carbocycles.